The molecule has 1 aromatic heterocycles. The van der Waals surface area contributed by atoms with Crippen LogP contribution >= 0.6 is 0 Å². The van der Waals surface area contributed by atoms with Crippen LogP contribution in [0.25, 0.3) is 0 Å². The molecule has 1 aromatic carbocycles. The molecule has 0 radical (unpaired) electrons. The molecule has 1 saturated heterocycles. The Morgan fingerprint density at radius 3 is 2.29 bits per heavy atom. The van der Waals surface area contributed by atoms with Gasteiger partial charge in [-0.1, -0.05) is 12.2 Å². The van der Waals surface area contributed by atoms with Crippen LogP contribution in [0.3, 0.4) is 0 Å². The fourth-order valence-corrected chi connectivity index (χ4v) is 3.71. The zero-order valence-electron chi connectivity index (χ0n) is 15.4. The van der Waals surface area contributed by atoms with Crippen LogP contribution in [0.5, 0.6) is 5.75 Å². The van der Waals surface area contributed by atoms with Crippen LogP contribution in [-0.2, 0) is 9.59 Å². The standard InChI is InChI=1S/C21H20N2O5/c1-27-15-10-8-14(9-11-15)22(21(26)18-7-4-12-28-18)13-23-19(24)16-5-2-3-6-17(16)20(23)25/h2-4,7-12,16-17H,5-6,13H2,1H3/t16-,17-/m1/s1. The first-order chi connectivity index (χ1) is 13.6. The second-order valence-corrected chi connectivity index (χ2v) is 6.81. The molecular formula is C21H20N2O5. The Morgan fingerprint density at radius 1 is 1.11 bits per heavy atom. The number of benzene rings is 1. The predicted octanol–water partition coefficient (Wildman–Crippen LogP) is 2.84. The minimum absolute atomic E-state index is 0.133. The first kappa shape index (κ1) is 18.0. The van der Waals surface area contributed by atoms with Crippen LogP contribution in [0, 0.1) is 11.8 Å². The topological polar surface area (TPSA) is 80.1 Å². The Morgan fingerprint density at radius 2 is 1.75 bits per heavy atom. The number of carbonyl (C=O) groups is 3. The molecule has 144 valence electrons. The number of imide groups is 1. The largest absolute Gasteiger partial charge is 0.497 e. The highest BCUT2D eigenvalue weighted by molar-refractivity contribution is 6.08. The van der Waals surface area contributed by atoms with Gasteiger partial charge in [-0.3, -0.25) is 24.2 Å². The number of furan rings is 1. The summed E-state index contributed by atoms with van der Waals surface area (Å²) < 4.78 is 10.4. The molecule has 1 aliphatic heterocycles. The molecule has 0 saturated carbocycles. The Balaban J connectivity index is 1.64. The fraction of sp³-hybridized carbons (Fsp3) is 0.286. The number of hydrogen-bond donors (Lipinski definition) is 0. The molecule has 3 amide bonds. The van der Waals surface area contributed by atoms with E-state index in [2.05, 4.69) is 0 Å². The molecule has 2 aliphatic rings. The molecule has 2 atom stereocenters. The summed E-state index contributed by atoms with van der Waals surface area (Å²) in [5, 5.41) is 0. The number of ether oxygens (including phenoxy) is 1. The van der Waals surface area contributed by atoms with Crippen molar-refractivity contribution in [3.05, 3.63) is 60.6 Å². The summed E-state index contributed by atoms with van der Waals surface area (Å²) in [6, 6.07) is 10.0. The lowest BCUT2D eigenvalue weighted by molar-refractivity contribution is -0.139. The lowest BCUT2D eigenvalue weighted by Crippen LogP contribution is -2.44. The van der Waals surface area contributed by atoms with Crippen LogP contribution in [-0.4, -0.2) is 36.4 Å². The Bertz CT molecular complexity index is 891. The van der Waals surface area contributed by atoms with E-state index >= 15 is 0 Å². The van der Waals surface area contributed by atoms with Crippen molar-refractivity contribution in [2.24, 2.45) is 11.8 Å². The van der Waals surface area contributed by atoms with Crippen molar-refractivity contribution >= 4 is 23.4 Å². The fourth-order valence-electron chi connectivity index (χ4n) is 3.71. The van der Waals surface area contributed by atoms with E-state index in [4.69, 9.17) is 9.15 Å². The summed E-state index contributed by atoms with van der Waals surface area (Å²) in [7, 11) is 1.55. The minimum Gasteiger partial charge on any atom is -0.497 e. The summed E-state index contributed by atoms with van der Waals surface area (Å²) in [6.07, 6.45) is 6.39. The van der Waals surface area contributed by atoms with Crippen molar-refractivity contribution in [2.45, 2.75) is 12.8 Å². The van der Waals surface area contributed by atoms with Crippen LogP contribution in [0.2, 0.25) is 0 Å². The van der Waals surface area contributed by atoms with Crippen LogP contribution in [0.15, 0.2) is 59.2 Å². The van der Waals surface area contributed by atoms with Crippen LogP contribution in [0.1, 0.15) is 23.4 Å². The van der Waals surface area contributed by atoms with Gasteiger partial charge in [0, 0.05) is 5.69 Å². The van der Waals surface area contributed by atoms with Gasteiger partial charge in [0.15, 0.2) is 5.76 Å². The van der Waals surface area contributed by atoms with Crippen molar-refractivity contribution in [1.29, 1.82) is 0 Å². The van der Waals surface area contributed by atoms with E-state index < -0.39 is 5.91 Å². The molecule has 7 nitrogen and oxygen atoms in total. The van der Waals surface area contributed by atoms with Crippen LogP contribution < -0.4 is 9.64 Å². The average molecular weight is 380 g/mol. The summed E-state index contributed by atoms with van der Waals surface area (Å²) in [5.41, 5.74) is 0.538. The molecule has 2 aromatic rings. The highest BCUT2D eigenvalue weighted by Gasteiger charge is 2.48. The smallest absolute Gasteiger partial charge is 0.295 e. The Labute approximate surface area is 162 Å². The normalized spacial score (nSPS) is 21.0. The lowest BCUT2D eigenvalue weighted by atomic mass is 9.85. The molecule has 2 heterocycles. The number of carbonyl (C=O) groups excluding carboxylic acids is 3. The third-order valence-electron chi connectivity index (χ3n) is 5.24. The van der Waals surface area contributed by atoms with E-state index in [-0.39, 0.29) is 36.1 Å². The van der Waals surface area contributed by atoms with Crippen molar-refractivity contribution < 1.29 is 23.5 Å². The maximum Gasteiger partial charge on any atom is 0.295 e. The molecule has 1 fully saturated rings. The monoisotopic (exact) mass is 380 g/mol. The number of hydrogen-bond acceptors (Lipinski definition) is 5. The molecule has 0 N–H and O–H groups in total. The van der Waals surface area contributed by atoms with Gasteiger partial charge in [0.05, 0.1) is 25.2 Å². The van der Waals surface area contributed by atoms with Crippen molar-refractivity contribution in [3.8, 4) is 5.75 Å². The van der Waals surface area contributed by atoms with Crippen molar-refractivity contribution in [1.82, 2.24) is 4.90 Å². The molecule has 1 aliphatic carbocycles. The third kappa shape index (κ3) is 3.09. The van der Waals surface area contributed by atoms with Gasteiger partial charge in [-0.25, -0.2) is 0 Å². The number of fused-ring (bicyclic) bond motifs is 1. The van der Waals surface area contributed by atoms with E-state index in [0.29, 0.717) is 24.3 Å². The Kier molecular flexibility index (Phi) is 4.73. The molecule has 7 heteroatoms. The minimum atomic E-state index is -0.427. The molecule has 28 heavy (non-hydrogen) atoms. The van der Waals surface area contributed by atoms with Gasteiger partial charge in [-0.15, -0.1) is 0 Å². The number of amides is 3. The summed E-state index contributed by atoms with van der Waals surface area (Å²) in [5.74, 6) is -0.796. The van der Waals surface area contributed by atoms with E-state index in [9.17, 15) is 14.4 Å². The van der Waals surface area contributed by atoms with Gasteiger partial charge in [0.2, 0.25) is 11.8 Å². The Hall–Kier alpha value is -3.35. The maximum atomic E-state index is 13.0. The molecule has 0 spiro atoms. The number of anilines is 1. The van der Waals surface area contributed by atoms with E-state index in [1.807, 2.05) is 12.2 Å². The quantitative estimate of drug-likeness (QED) is 0.589. The zero-order valence-corrected chi connectivity index (χ0v) is 15.4. The number of methoxy groups -OCH3 is 1. The lowest BCUT2D eigenvalue weighted by Gasteiger charge is -2.27. The summed E-state index contributed by atoms with van der Waals surface area (Å²) >= 11 is 0. The molecular weight excluding hydrogens is 360 g/mol. The van der Waals surface area contributed by atoms with E-state index in [1.165, 1.54) is 16.1 Å². The van der Waals surface area contributed by atoms with E-state index in [1.54, 1.807) is 43.5 Å². The number of rotatable bonds is 5. The number of nitrogens with zero attached hydrogens (tertiary/aromatic N) is 2. The van der Waals surface area contributed by atoms with E-state index in [0.717, 1.165) is 0 Å². The molecule has 4 rings (SSSR count). The molecule has 0 bridgehead atoms. The van der Waals surface area contributed by atoms with Crippen molar-refractivity contribution in [2.75, 3.05) is 18.7 Å². The van der Waals surface area contributed by atoms with Crippen molar-refractivity contribution in [3.63, 3.8) is 0 Å². The first-order valence-electron chi connectivity index (χ1n) is 9.10. The number of allylic oxidation sites excluding steroid dienone is 2. The highest BCUT2D eigenvalue weighted by Crippen LogP contribution is 2.35. The second kappa shape index (κ2) is 7.34. The van der Waals surface area contributed by atoms with Crippen LogP contribution in [0.4, 0.5) is 5.69 Å². The van der Waals surface area contributed by atoms with Gasteiger partial charge in [-0.2, -0.15) is 0 Å². The maximum absolute atomic E-state index is 13.0. The summed E-state index contributed by atoms with van der Waals surface area (Å²) in [4.78, 5) is 41.2. The second-order valence-electron chi connectivity index (χ2n) is 6.81. The summed E-state index contributed by atoms with van der Waals surface area (Å²) in [6.45, 7) is -0.156. The SMILES string of the molecule is COc1ccc(N(CN2C(=O)[C@@H]3CC=CC[C@H]3C2=O)C(=O)c2ccco2)cc1. The first-order valence-corrected chi connectivity index (χ1v) is 9.10. The highest BCUT2D eigenvalue weighted by atomic mass is 16.5. The van der Waals surface area contributed by atoms with Gasteiger partial charge in [0.1, 0.15) is 12.4 Å². The van der Waals surface area contributed by atoms with Gasteiger partial charge < -0.3 is 9.15 Å². The predicted molar refractivity (Wildman–Crippen MR) is 101 cm³/mol. The third-order valence-corrected chi connectivity index (χ3v) is 5.24. The zero-order chi connectivity index (χ0) is 19.7. The van der Waals surface area contributed by atoms with Gasteiger partial charge in [-0.05, 0) is 49.2 Å². The molecule has 0 unspecified atom stereocenters. The number of likely N-dealkylation sites (tertiary alicyclic amines) is 1. The van der Waals surface area contributed by atoms with Gasteiger partial charge >= 0.3 is 0 Å². The average Bonchev–Trinajstić information content (AvgIpc) is 3.35. The van der Waals surface area contributed by atoms with Gasteiger partial charge in [0.25, 0.3) is 5.91 Å².